The summed E-state index contributed by atoms with van der Waals surface area (Å²) < 4.78 is 0. The van der Waals surface area contributed by atoms with Crippen molar-refractivity contribution in [3.05, 3.63) is 64.7 Å². The number of benzene rings is 2. The first-order valence-electron chi connectivity index (χ1n) is 6.28. The number of para-hydroxylation sites is 1. The molecule has 0 atom stereocenters. The molecular formula is C16H20N2. The average Bonchev–Trinajstić information content (AvgIpc) is 2.39. The maximum absolute atomic E-state index is 5.59. The average molecular weight is 240 g/mol. The Hall–Kier alpha value is -1.80. The fraction of sp³-hybridized carbons (Fsp3) is 0.250. The molecule has 0 aliphatic rings. The van der Waals surface area contributed by atoms with Gasteiger partial charge in [-0.05, 0) is 36.1 Å². The van der Waals surface area contributed by atoms with Crippen molar-refractivity contribution in [3.63, 3.8) is 0 Å². The molecule has 2 aromatic rings. The number of hydrogen-bond donors (Lipinski definition) is 2. The van der Waals surface area contributed by atoms with Gasteiger partial charge in [-0.1, -0.05) is 42.5 Å². The van der Waals surface area contributed by atoms with Gasteiger partial charge < -0.3 is 11.1 Å². The zero-order chi connectivity index (χ0) is 13.0. The number of rotatable bonds is 4. The van der Waals surface area contributed by atoms with Crippen LogP contribution in [0, 0.1) is 13.8 Å². The van der Waals surface area contributed by atoms with Crippen LogP contribution in [0.1, 0.15) is 22.3 Å². The van der Waals surface area contributed by atoms with E-state index in [0.29, 0.717) is 6.54 Å². The van der Waals surface area contributed by atoms with Crippen LogP contribution in [-0.4, -0.2) is 0 Å². The summed E-state index contributed by atoms with van der Waals surface area (Å²) in [5.41, 5.74) is 11.8. The highest BCUT2D eigenvalue weighted by molar-refractivity contribution is 5.56. The first-order chi connectivity index (χ1) is 8.70. The van der Waals surface area contributed by atoms with Crippen LogP contribution in [0.5, 0.6) is 0 Å². The lowest BCUT2D eigenvalue weighted by Gasteiger charge is -2.12. The third kappa shape index (κ3) is 2.90. The number of hydrogen-bond acceptors (Lipinski definition) is 2. The van der Waals surface area contributed by atoms with Crippen LogP contribution in [0.15, 0.2) is 42.5 Å². The van der Waals surface area contributed by atoms with E-state index in [-0.39, 0.29) is 0 Å². The number of nitrogens with one attached hydrogen (secondary N) is 1. The minimum absolute atomic E-state index is 0.602. The predicted molar refractivity (Wildman–Crippen MR) is 77.6 cm³/mol. The fourth-order valence-corrected chi connectivity index (χ4v) is 2.08. The van der Waals surface area contributed by atoms with Crippen LogP contribution in [0.4, 0.5) is 5.69 Å². The van der Waals surface area contributed by atoms with Gasteiger partial charge in [0.05, 0.1) is 0 Å². The summed E-state index contributed by atoms with van der Waals surface area (Å²) in [6, 6.07) is 14.8. The number of anilines is 1. The first-order valence-corrected chi connectivity index (χ1v) is 6.28. The smallest absolute Gasteiger partial charge is 0.0402 e. The molecule has 0 aliphatic carbocycles. The lowest BCUT2D eigenvalue weighted by atomic mass is 10.1. The maximum Gasteiger partial charge on any atom is 0.0402 e. The van der Waals surface area contributed by atoms with Crippen LogP contribution in [-0.2, 0) is 13.1 Å². The molecule has 0 amide bonds. The molecule has 2 aromatic carbocycles. The molecule has 0 aromatic heterocycles. The van der Waals surface area contributed by atoms with E-state index in [1.54, 1.807) is 0 Å². The standard InChI is InChI=1S/C16H20N2/c1-12-4-3-5-13(2)16(12)18-11-15-8-6-14(10-17)7-9-15/h3-9,18H,10-11,17H2,1-2H3. The molecule has 2 rings (SSSR count). The Labute approximate surface area is 109 Å². The van der Waals surface area contributed by atoms with E-state index in [2.05, 4.69) is 61.6 Å². The minimum Gasteiger partial charge on any atom is -0.381 e. The Morgan fingerprint density at radius 1 is 0.889 bits per heavy atom. The van der Waals surface area contributed by atoms with Crippen LogP contribution in [0.2, 0.25) is 0 Å². The van der Waals surface area contributed by atoms with Gasteiger partial charge in [0.2, 0.25) is 0 Å². The van der Waals surface area contributed by atoms with Crippen molar-refractivity contribution >= 4 is 5.69 Å². The van der Waals surface area contributed by atoms with Crippen molar-refractivity contribution in [1.82, 2.24) is 0 Å². The number of aryl methyl sites for hydroxylation is 2. The molecule has 0 aliphatic heterocycles. The third-order valence-electron chi connectivity index (χ3n) is 3.21. The van der Waals surface area contributed by atoms with Crippen LogP contribution in [0.25, 0.3) is 0 Å². The fourth-order valence-electron chi connectivity index (χ4n) is 2.08. The van der Waals surface area contributed by atoms with E-state index in [0.717, 1.165) is 6.54 Å². The zero-order valence-corrected chi connectivity index (χ0v) is 11.0. The molecule has 0 unspecified atom stereocenters. The molecular weight excluding hydrogens is 220 g/mol. The van der Waals surface area contributed by atoms with Gasteiger partial charge in [-0.15, -0.1) is 0 Å². The second kappa shape index (κ2) is 5.69. The molecule has 2 nitrogen and oxygen atoms in total. The Balaban J connectivity index is 2.06. The number of nitrogens with two attached hydrogens (primary N) is 1. The van der Waals surface area contributed by atoms with Gasteiger partial charge >= 0.3 is 0 Å². The highest BCUT2D eigenvalue weighted by Crippen LogP contribution is 2.20. The van der Waals surface area contributed by atoms with Gasteiger partial charge in [0, 0.05) is 18.8 Å². The summed E-state index contributed by atoms with van der Waals surface area (Å²) in [6.07, 6.45) is 0. The molecule has 0 spiro atoms. The second-order valence-corrected chi connectivity index (χ2v) is 4.64. The summed E-state index contributed by atoms with van der Waals surface area (Å²) in [7, 11) is 0. The Morgan fingerprint density at radius 2 is 1.44 bits per heavy atom. The Bertz CT molecular complexity index is 495. The molecule has 94 valence electrons. The largest absolute Gasteiger partial charge is 0.381 e. The summed E-state index contributed by atoms with van der Waals surface area (Å²) >= 11 is 0. The van der Waals surface area contributed by atoms with Crippen molar-refractivity contribution in [2.45, 2.75) is 26.9 Å². The highest BCUT2D eigenvalue weighted by atomic mass is 14.9. The van der Waals surface area contributed by atoms with Crippen LogP contribution in [0.3, 0.4) is 0 Å². The molecule has 0 radical (unpaired) electrons. The van der Waals surface area contributed by atoms with Gasteiger partial charge in [0.25, 0.3) is 0 Å². The molecule has 0 bridgehead atoms. The Kier molecular flexibility index (Phi) is 4.00. The quantitative estimate of drug-likeness (QED) is 0.860. The van der Waals surface area contributed by atoms with Crippen LogP contribution < -0.4 is 11.1 Å². The zero-order valence-electron chi connectivity index (χ0n) is 11.0. The van der Waals surface area contributed by atoms with Crippen molar-refractivity contribution < 1.29 is 0 Å². The molecule has 0 saturated heterocycles. The topological polar surface area (TPSA) is 38.0 Å². The van der Waals surface area contributed by atoms with E-state index in [4.69, 9.17) is 5.73 Å². The lowest BCUT2D eigenvalue weighted by Crippen LogP contribution is -2.03. The summed E-state index contributed by atoms with van der Waals surface area (Å²) in [4.78, 5) is 0. The van der Waals surface area contributed by atoms with Crippen molar-refractivity contribution in [3.8, 4) is 0 Å². The summed E-state index contributed by atoms with van der Waals surface area (Å²) in [5, 5.41) is 3.50. The van der Waals surface area contributed by atoms with E-state index in [1.165, 1.54) is 27.9 Å². The van der Waals surface area contributed by atoms with Crippen LogP contribution >= 0.6 is 0 Å². The molecule has 2 heteroatoms. The normalized spacial score (nSPS) is 10.4. The molecule has 18 heavy (non-hydrogen) atoms. The maximum atomic E-state index is 5.59. The molecule has 0 heterocycles. The van der Waals surface area contributed by atoms with E-state index < -0.39 is 0 Å². The molecule has 3 N–H and O–H groups in total. The van der Waals surface area contributed by atoms with Gasteiger partial charge in [-0.3, -0.25) is 0 Å². The predicted octanol–water partition coefficient (Wildman–Crippen LogP) is 3.37. The molecule has 0 fully saturated rings. The van der Waals surface area contributed by atoms with Gasteiger partial charge in [-0.25, -0.2) is 0 Å². The SMILES string of the molecule is Cc1cccc(C)c1NCc1ccc(CN)cc1. The molecule has 0 saturated carbocycles. The summed E-state index contributed by atoms with van der Waals surface area (Å²) in [6.45, 7) is 5.71. The van der Waals surface area contributed by atoms with Crippen molar-refractivity contribution in [1.29, 1.82) is 0 Å². The first kappa shape index (κ1) is 12.7. The highest BCUT2D eigenvalue weighted by Gasteiger charge is 2.01. The second-order valence-electron chi connectivity index (χ2n) is 4.64. The monoisotopic (exact) mass is 240 g/mol. The van der Waals surface area contributed by atoms with E-state index >= 15 is 0 Å². The summed E-state index contributed by atoms with van der Waals surface area (Å²) in [5.74, 6) is 0. The lowest BCUT2D eigenvalue weighted by molar-refractivity contribution is 1.06. The van der Waals surface area contributed by atoms with Gasteiger partial charge in [0.1, 0.15) is 0 Å². The van der Waals surface area contributed by atoms with Crippen molar-refractivity contribution in [2.24, 2.45) is 5.73 Å². The van der Waals surface area contributed by atoms with Gasteiger partial charge in [-0.2, -0.15) is 0 Å². The van der Waals surface area contributed by atoms with Gasteiger partial charge in [0.15, 0.2) is 0 Å². The third-order valence-corrected chi connectivity index (χ3v) is 3.21. The minimum atomic E-state index is 0.602. The van der Waals surface area contributed by atoms with E-state index in [1.807, 2.05) is 0 Å². The van der Waals surface area contributed by atoms with Crippen molar-refractivity contribution in [2.75, 3.05) is 5.32 Å². The van der Waals surface area contributed by atoms with E-state index in [9.17, 15) is 0 Å². The Morgan fingerprint density at radius 3 is 2.00 bits per heavy atom.